The second kappa shape index (κ2) is 5.19. The highest BCUT2D eigenvalue weighted by molar-refractivity contribution is 5.44. The van der Waals surface area contributed by atoms with Gasteiger partial charge in [-0.1, -0.05) is 36.8 Å². The van der Waals surface area contributed by atoms with Crippen LogP contribution < -0.4 is 4.74 Å². The third-order valence-electron chi connectivity index (χ3n) is 4.86. The smallest absolute Gasteiger partial charge is 0.122 e. The van der Waals surface area contributed by atoms with E-state index in [-0.39, 0.29) is 0 Å². The predicted octanol–water partition coefficient (Wildman–Crippen LogP) is 3.97. The Kier molecular flexibility index (Phi) is 3.19. The highest BCUT2D eigenvalue weighted by Crippen LogP contribution is 2.41. The Bertz CT molecular complexity index is 658. The number of aliphatic hydroxyl groups is 1. The molecule has 0 amide bonds. The molecule has 1 atom stereocenters. The molecule has 1 aliphatic heterocycles. The van der Waals surface area contributed by atoms with E-state index in [1.807, 2.05) is 18.2 Å². The number of rotatable bonds is 3. The van der Waals surface area contributed by atoms with E-state index in [1.165, 1.54) is 30.4 Å². The SMILES string of the molecule is OC(c1ccc2c(c1)CCO2)c1ccccc1C1CCC1. The minimum Gasteiger partial charge on any atom is -0.493 e. The molecule has 2 aliphatic rings. The molecule has 1 unspecified atom stereocenters. The summed E-state index contributed by atoms with van der Waals surface area (Å²) in [6, 6.07) is 14.4. The van der Waals surface area contributed by atoms with Gasteiger partial charge in [-0.05, 0) is 53.1 Å². The van der Waals surface area contributed by atoms with Crippen molar-refractivity contribution in [2.45, 2.75) is 37.7 Å². The monoisotopic (exact) mass is 280 g/mol. The van der Waals surface area contributed by atoms with Gasteiger partial charge in [0.15, 0.2) is 0 Å². The molecule has 2 nitrogen and oxygen atoms in total. The summed E-state index contributed by atoms with van der Waals surface area (Å²) in [4.78, 5) is 0. The van der Waals surface area contributed by atoms with Crippen LogP contribution in [0.1, 0.15) is 53.5 Å². The van der Waals surface area contributed by atoms with Crippen molar-refractivity contribution in [3.63, 3.8) is 0 Å². The molecule has 1 N–H and O–H groups in total. The maximum atomic E-state index is 10.8. The minimum atomic E-state index is -0.535. The number of aliphatic hydroxyl groups excluding tert-OH is 1. The van der Waals surface area contributed by atoms with Crippen LogP contribution in [0, 0.1) is 0 Å². The molecule has 1 aliphatic carbocycles. The van der Waals surface area contributed by atoms with Crippen molar-refractivity contribution >= 4 is 0 Å². The first-order chi connectivity index (χ1) is 10.3. The van der Waals surface area contributed by atoms with Gasteiger partial charge >= 0.3 is 0 Å². The normalized spacial score (nSPS) is 18.7. The molecule has 0 bridgehead atoms. The molecule has 1 fully saturated rings. The number of ether oxygens (including phenoxy) is 1. The molecule has 2 heteroatoms. The lowest BCUT2D eigenvalue weighted by molar-refractivity contribution is 0.217. The van der Waals surface area contributed by atoms with Gasteiger partial charge < -0.3 is 9.84 Å². The maximum Gasteiger partial charge on any atom is 0.122 e. The summed E-state index contributed by atoms with van der Waals surface area (Å²) < 4.78 is 5.55. The minimum absolute atomic E-state index is 0.535. The van der Waals surface area contributed by atoms with E-state index in [1.54, 1.807) is 0 Å². The van der Waals surface area contributed by atoms with Gasteiger partial charge in [0.1, 0.15) is 11.9 Å². The van der Waals surface area contributed by atoms with E-state index in [0.29, 0.717) is 5.92 Å². The zero-order chi connectivity index (χ0) is 14.2. The average molecular weight is 280 g/mol. The van der Waals surface area contributed by atoms with Crippen LogP contribution >= 0.6 is 0 Å². The van der Waals surface area contributed by atoms with Gasteiger partial charge in [-0.2, -0.15) is 0 Å². The molecule has 0 saturated heterocycles. The Morgan fingerprint density at radius 2 is 1.95 bits per heavy atom. The summed E-state index contributed by atoms with van der Waals surface area (Å²) in [5.74, 6) is 1.60. The molecule has 1 heterocycles. The number of benzene rings is 2. The van der Waals surface area contributed by atoms with Gasteiger partial charge in [0.2, 0.25) is 0 Å². The van der Waals surface area contributed by atoms with Crippen molar-refractivity contribution in [3.05, 3.63) is 64.7 Å². The topological polar surface area (TPSA) is 29.5 Å². The van der Waals surface area contributed by atoms with Gasteiger partial charge in [-0.15, -0.1) is 0 Å². The van der Waals surface area contributed by atoms with Gasteiger partial charge in [-0.3, -0.25) is 0 Å². The highest BCUT2D eigenvalue weighted by Gasteiger charge is 2.25. The first-order valence-electron chi connectivity index (χ1n) is 7.85. The Balaban J connectivity index is 1.69. The summed E-state index contributed by atoms with van der Waals surface area (Å²) in [5, 5.41) is 10.8. The molecular weight excluding hydrogens is 260 g/mol. The zero-order valence-corrected chi connectivity index (χ0v) is 12.1. The largest absolute Gasteiger partial charge is 0.493 e. The van der Waals surface area contributed by atoms with Crippen molar-refractivity contribution in [2.75, 3.05) is 6.61 Å². The van der Waals surface area contributed by atoms with Gasteiger partial charge in [0.05, 0.1) is 6.61 Å². The fraction of sp³-hybridized carbons (Fsp3) is 0.368. The second-order valence-corrected chi connectivity index (χ2v) is 6.12. The van der Waals surface area contributed by atoms with Crippen molar-refractivity contribution in [1.82, 2.24) is 0 Å². The lowest BCUT2D eigenvalue weighted by atomic mass is 9.77. The van der Waals surface area contributed by atoms with Gasteiger partial charge in [0.25, 0.3) is 0 Å². The van der Waals surface area contributed by atoms with Gasteiger partial charge in [-0.25, -0.2) is 0 Å². The second-order valence-electron chi connectivity index (χ2n) is 6.12. The third-order valence-corrected chi connectivity index (χ3v) is 4.86. The molecule has 108 valence electrons. The standard InChI is InChI=1S/C19H20O2/c20-19(15-8-9-18-14(12-15)10-11-21-18)17-7-2-1-6-16(17)13-4-3-5-13/h1-2,6-9,12-13,19-20H,3-5,10-11H2. The van der Waals surface area contributed by atoms with Crippen molar-refractivity contribution < 1.29 is 9.84 Å². The lowest BCUT2D eigenvalue weighted by Gasteiger charge is -2.29. The number of hydrogen-bond donors (Lipinski definition) is 1. The third kappa shape index (κ3) is 2.24. The Labute approximate surface area is 125 Å². The van der Waals surface area contributed by atoms with Crippen LogP contribution in [-0.2, 0) is 6.42 Å². The Morgan fingerprint density at radius 3 is 2.76 bits per heavy atom. The van der Waals surface area contributed by atoms with E-state index < -0.39 is 6.10 Å². The number of fused-ring (bicyclic) bond motifs is 1. The van der Waals surface area contributed by atoms with Crippen molar-refractivity contribution in [1.29, 1.82) is 0 Å². The fourth-order valence-electron chi connectivity index (χ4n) is 3.41. The highest BCUT2D eigenvalue weighted by atomic mass is 16.5. The van der Waals surface area contributed by atoms with E-state index >= 15 is 0 Å². The first kappa shape index (κ1) is 12.9. The maximum absolute atomic E-state index is 10.8. The molecule has 21 heavy (non-hydrogen) atoms. The van der Waals surface area contributed by atoms with Crippen LogP contribution in [0.3, 0.4) is 0 Å². The summed E-state index contributed by atoms with van der Waals surface area (Å²) in [7, 11) is 0. The molecule has 1 saturated carbocycles. The average Bonchev–Trinajstić information content (AvgIpc) is 2.92. The fourth-order valence-corrected chi connectivity index (χ4v) is 3.41. The molecule has 0 aromatic heterocycles. The van der Waals surface area contributed by atoms with Gasteiger partial charge in [0, 0.05) is 6.42 Å². The van der Waals surface area contributed by atoms with Crippen LogP contribution in [0.4, 0.5) is 0 Å². The van der Waals surface area contributed by atoms with E-state index in [9.17, 15) is 5.11 Å². The molecular formula is C19H20O2. The first-order valence-corrected chi connectivity index (χ1v) is 7.85. The van der Waals surface area contributed by atoms with E-state index in [2.05, 4.69) is 24.3 Å². The molecule has 2 aromatic carbocycles. The Morgan fingerprint density at radius 1 is 1.10 bits per heavy atom. The van der Waals surface area contributed by atoms with Crippen LogP contribution in [0.2, 0.25) is 0 Å². The summed E-state index contributed by atoms with van der Waals surface area (Å²) in [6.45, 7) is 0.757. The Hall–Kier alpha value is -1.80. The molecule has 0 spiro atoms. The summed E-state index contributed by atoms with van der Waals surface area (Å²) in [6.07, 6.45) is 4.22. The predicted molar refractivity (Wildman–Crippen MR) is 82.7 cm³/mol. The quantitative estimate of drug-likeness (QED) is 0.921. The van der Waals surface area contributed by atoms with Crippen LogP contribution in [0.25, 0.3) is 0 Å². The van der Waals surface area contributed by atoms with Crippen LogP contribution in [0.15, 0.2) is 42.5 Å². The van der Waals surface area contributed by atoms with E-state index in [0.717, 1.165) is 29.9 Å². The summed E-state index contributed by atoms with van der Waals surface area (Å²) in [5.41, 5.74) is 4.59. The molecule has 4 rings (SSSR count). The number of hydrogen-bond acceptors (Lipinski definition) is 2. The van der Waals surface area contributed by atoms with Crippen molar-refractivity contribution in [3.8, 4) is 5.75 Å². The van der Waals surface area contributed by atoms with Crippen LogP contribution in [-0.4, -0.2) is 11.7 Å². The molecule has 0 radical (unpaired) electrons. The van der Waals surface area contributed by atoms with Crippen LogP contribution in [0.5, 0.6) is 5.75 Å². The molecule has 2 aromatic rings. The van der Waals surface area contributed by atoms with Crippen molar-refractivity contribution in [2.24, 2.45) is 0 Å². The van der Waals surface area contributed by atoms with E-state index in [4.69, 9.17) is 4.74 Å². The lowest BCUT2D eigenvalue weighted by Crippen LogP contribution is -2.13. The summed E-state index contributed by atoms with van der Waals surface area (Å²) >= 11 is 0. The zero-order valence-electron chi connectivity index (χ0n) is 12.1.